The molecule has 2 heterocycles. The largest absolute Gasteiger partial charge is 0.497 e. The average molecular weight is 425 g/mol. The van der Waals surface area contributed by atoms with Gasteiger partial charge in [0.2, 0.25) is 6.29 Å². The number of hydrogen-bond acceptors (Lipinski definition) is 6. The molecule has 1 aromatic carbocycles. The van der Waals surface area contributed by atoms with E-state index in [1.54, 1.807) is 7.11 Å². The summed E-state index contributed by atoms with van der Waals surface area (Å²) in [5.41, 5.74) is 0. The van der Waals surface area contributed by atoms with Crippen LogP contribution < -0.4 is 9.47 Å². The Morgan fingerprint density at radius 2 is 1.52 bits per heavy atom. The molecule has 164 valence electrons. The summed E-state index contributed by atoms with van der Waals surface area (Å²) in [5, 5.41) is 0.0909. The molecule has 2 aliphatic heterocycles. The topological polar surface area (TPSA) is 55.4 Å². The zero-order valence-electron chi connectivity index (χ0n) is 19.1. The minimum absolute atomic E-state index is 0.0909. The Hall–Kier alpha value is -1.12. The van der Waals surface area contributed by atoms with Gasteiger partial charge in [-0.15, -0.1) is 0 Å². The van der Waals surface area contributed by atoms with E-state index in [2.05, 4.69) is 33.9 Å². The third kappa shape index (κ3) is 4.80. The second-order valence-electron chi connectivity index (χ2n) is 9.91. The highest BCUT2D eigenvalue weighted by Gasteiger charge is 2.57. The molecule has 0 saturated carbocycles. The van der Waals surface area contributed by atoms with Gasteiger partial charge in [-0.05, 0) is 63.2 Å². The van der Waals surface area contributed by atoms with Gasteiger partial charge in [-0.2, -0.15) is 0 Å². The number of benzene rings is 1. The van der Waals surface area contributed by atoms with Crippen LogP contribution in [0.25, 0.3) is 0 Å². The van der Waals surface area contributed by atoms with E-state index in [9.17, 15) is 0 Å². The van der Waals surface area contributed by atoms with Crippen molar-refractivity contribution in [2.75, 3.05) is 7.11 Å². The van der Waals surface area contributed by atoms with Crippen molar-refractivity contribution in [3.63, 3.8) is 0 Å². The van der Waals surface area contributed by atoms with Crippen molar-refractivity contribution in [2.24, 2.45) is 0 Å². The van der Waals surface area contributed by atoms with Crippen molar-refractivity contribution in [1.82, 2.24) is 0 Å². The molecule has 3 rings (SSSR count). The summed E-state index contributed by atoms with van der Waals surface area (Å²) >= 11 is 0. The smallest absolute Gasteiger partial charge is 0.229 e. The molecule has 29 heavy (non-hydrogen) atoms. The summed E-state index contributed by atoms with van der Waals surface area (Å²) in [4.78, 5) is 0. The molecule has 0 bridgehead atoms. The number of methoxy groups -OCH3 is 1. The Labute approximate surface area is 175 Å². The van der Waals surface area contributed by atoms with Crippen LogP contribution in [-0.2, 0) is 18.6 Å². The third-order valence-corrected chi connectivity index (χ3v) is 10.6. The molecule has 2 saturated heterocycles. The molecule has 7 heteroatoms. The highest BCUT2D eigenvalue weighted by atomic mass is 28.4. The van der Waals surface area contributed by atoms with E-state index < -0.39 is 20.4 Å². The quantitative estimate of drug-likeness (QED) is 0.637. The van der Waals surface area contributed by atoms with E-state index in [1.165, 1.54) is 0 Å². The fraction of sp³-hybridized carbons (Fsp3) is 0.727. The molecule has 6 nitrogen and oxygen atoms in total. The van der Waals surface area contributed by atoms with Gasteiger partial charge in [0.05, 0.1) is 13.2 Å². The van der Waals surface area contributed by atoms with Crippen LogP contribution in [0.1, 0.15) is 41.5 Å². The Kier molecular flexibility index (Phi) is 6.11. The second-order valence-corrected chi connectivity index (χ2v) is 14.7. The molecule has 1 aromatic rings. The van der Waals surface area contributed by atoms with E-state index in [0.717, 1.165) is 5.75 Å². The highest BCUT2D eigenvalue weighted by molar-refractivity contribution is 6.74. The first-order valence-corrected chi connectivity index (χ1v) is 13.2. The highest BCUT2D eigenvalue weighted by Crippen LogP contribution is 2.43. The Bertz CT molecular complexity index is 696. The Morgan fingerprint density at radius 1 is 0.966 bits per heavy atom. The van der Waals surface area contributed by atoms with Gasteiger partial charge in [0.15, 0.2) is 20.2 Å². The molecular formula is C22H36O6Si. The molecule has 0 N–H and O–H groups in total. The van der Waals surface area contributed by atoms with Gasteiger partial charge in [0.25, 0.3) is 0 Å². The van der Waals surface area contributed by atoms with Gasteiger partial charge in [-0.3, -0.25) is 0 Å². The summed E-state index contributed by atoms with van der Waals surface area (Å²) in [6.45, 7) is 17.1. The van der Waals surface area contributed by atoms with Crippen molar-refractivity contribution >= 4 is 8.32 Å². The molecule has 0 aromatic heterocycles. The van der Waals surface area contributed by atoms with Crippen LogP contribution in [0.5, 0.6) is 11.5 Å². The SMILES string of the molecule is COc1ccc(OC2OC(C)C(O[Si](C)(C)C(C)(C)C)C3OC(C)(C)OC23)cc1. The van der Waals surface area contributed by atoms with Crippen LogP contribution >= 0.6 is 0 Å². The zero-order chi connectivity index (χ0) is 21.6. The van der Waals surface area contributed by atoms with E-state index in [4.69, 9.17) is 28.1 Å². The van der Waals surface area contributed by atoms with Gasteiger partial charge in [0, 0.05) is 0 Å². The summed E-state index contributed by atoms with van der Waals surface area (Å²) in [7, 11) is -0.378. The fourth-order valence-corrected chi connectivity index (χ4v) is 4.84. The third-order valence-electron chi connectivity index (χ3n) is 6.12. The minimum atomic E-state index is -2.02. The van der Waals surface area contributed by atoms with Crippen LogP contribution in [0.15, 0.2) is 24.3 Å². The van der Waals surface area contributed by atoms with Crippen LogP contribution in [0.4, 0.5) is 0 Å². The molecular weight excluding hydrogens is 388 g/mol. The van der Waals surface area contributed by atoms with Crippen molar-refractivity contribution in [2.45, 2.75) is 96.2 Å². The van der Waals surface area contributed by atoms with Crippen molar-refractivity contribution in [3.8, 4) is 11.5 Å². The zero-order valence-corrected chi connectivity index (χ0v) is 20.1. The maximum atomic E-state index is 6.73. The lowest BCUT2D eigenvalue weighted by atomic mass is 10.00. The average Bonchev–Trinajstić information content (AvgIpc) is 2.94. The summed E-state index contributed by atoms with van der Waals surface area (Å²) in [5.74, 6) is 0.746. The molecule has 0 spiro atoms. The van der Waals surface area contributed by atoms with E-state index in [-0.39, 0.29) is 29.5 Å². The minimum Gasteiger partial charge on any atom is -0.497 e. The van der Waals surface area contributed by atoms with Crippen LogP contribution in [-0.4, -0.2) is 51.9 Å². The Balaban J connectivity index is 1.81. The second kappa shape index (κ2) is 7.85. The van der Waals surface area contributed by atoms with Crippen molar-refractivity contribution < 1.29 is 28.1 Å². The summed E-state index contributed by atoms with van der Waals surface area (Å²) in [6.07, 6.45) is -1.61. The predicted octanol–water partition coefficient (Wildman–Crippen LogP) is 4.73. The van der Waals surface area contributed by atoms with E-state index >= 15 is 0 Å². The molecule has 5 unspecified atom stereocenters. The fourth-order valence-electron chi connectivity index (χ4n) is 3.48. The first-order valence-electron chi connectivity index (χ1n) is 10.3. The first-order chi connectivity index (χ1) is 13.3. The van der Waals surface area contributed by atoms with Crippen molar-refractivity contribution in [3.05, 3.63) is 24.3 Å². The Morgan fingerprint density at radius 3 is 2.07 bits per heavy atom. The van der Waals surface area contributed by atoms with E-state index in [0.29, 0.717) is 5.75 Å². The predicted molar refractivity (Wildman–Crippen MR) is 114 cm³/mol. The van der Waals surface area contributed by atoms with Gasteiger partial charge < -0.3 is 28.1 Å². The number of rotatable bonds is 5. The van der Waals surface area contributed by atoms with Gasteiger partial charge in [0.1, 0.15) is 23.7 Å². The van der Waals surface area contributed by atoms with Gasteiger partial charge in [-0.1, -0.05) is 20.8 Å². The lowest BCUT2D eigenvalue weighted by Gasteiger charge is -2.46. The maximum Gasteiger partial charge on any atom is 0.229 e. The number of fused-ring (bicyclic) bond motifs is 1. The lowest BCUT2D eigenvalue weighted by Crippen LogP contribution is -2.61. The molecule has 2 aliphatic rings. The van der Waals surface area contributed by atoms with Crippen molar-refractivity contribution in [1.29, 1.82) is 0 Å². The van der Waals surface area contributed by atoms with Crippen LogP contribution in [0.2, 0.25) is 18.1 Å². The van der Waals surface area contributed by atoms with Crippen LogP contribution in [0.3, 0.4) is 0 Å². The number of ether oxygens (including phenoxy) is 5. The summed E-state index contributed by atoms with van der Waals surface area (Å²) in [6, 6.07) is 7.44. The molecule has 2 fully saturated rings. The van der Waals surface area contributed by atoms with E-state index in [1.807, 2.05) is 45.0 Å². The summed E-state index contributed by atoms with van der Waals surface area (Å²) < 4.78 is 36.9. The lowest BCUT2D eigenvalue weighted by molar-refractivity contribution is -0.238. The van der Waals surface area contributed by atoms with Gasteiger partial charge in [-0.25, -0.2) is 0 Å². The first kappa shape index (κ1) is 22.6. The number of hydrogen-bond donors (Lipinski definition) is 0. The monoisotopic (exact) mass is 424 g/mol. The van der Waals surface area contributed by atoms with Gasteiger partial charge >= 0.3 is 0 Å². The molecule has 5 atom stereocenters. The van der Waals surface area contributed by atoms with Crippen LogP contribution in [0, 0.1) is 0 Å². The maximum absolute atomic E-state index is 6.73. The standard InChI is InChI=1S/C22H36O6Si/c1-14-17(28-29(8,9)21(2,3)4)18-19(27-22(5,6)26-18)20(24-14)25-16-12-10-15(23-7)11-13-16/h10-14,17-20H,1-9H3. The molecule has 0 radical (unpaired) electrons. The normalized spacial score (nSPS) is 32.0. The molecule has 0 amide bonds. The molecule has 0 aliphatic carbocycles.